The maximum atomic E-state index is 12.9. The van der Waals surface area contributed by atoms with Crippen molar-refractivity contribution in [3.8, 4) is 17.5 Å². The number of nitrogens with one attached hydrogen (secondary N) is 2. The molecule has 10 heteroatoms. The number of pyridine rings is 1. The average molecular weight is 455 g/mol. The summed E-state index contributed by atoms with van der Waals surface area (Å²) in [5.41, 5.74) is 3.73. The summed E-state index contributed by atoms with van der Waals surface area (Å²) in [6.45, 7) is 4.37. The van der Waals surface area contributed by atoms with Crippen molar-refractivity contribution >= 4 is 27.7 Å². The van der Waals surface area contributed by atoms with Gasteiger partial charge in [0.2, 0.25) is 0 Å². The third-order valence-electron chi connectivity index (χ3n) is 5.39. The molecular weight excluding hydrogens is 428 g/mol. The van der Waals surface area contributed by atoms with Crippen molar-refractivity contribution in [1.29, 1.82) is 5.26 Å². The second kappa shape index (κ2) is 8.78. The predicted octanol–water partition coefficient (Wildman–Crippen LogP) is 3.59. The van der Waals surface area contributed by atoms with Gasteiger partial charge in [0.1, 0.15) is 6.07 Å². The number of carbonyl (C=O) groups excluding carboxylic acids is 1. The molecule has 32 heavy (non-hydrogen) atoms. The summed E-state index contributed by atoms with van der Waals surface area (Å²) in [6, 6.07) is 9.50. The van der Waals surface area contributed by atoms with Gasteiger partial charge in [-0.15, -0.1) is 0 Å². The normalized spacial score (nSPS) is 18.4. The molecule has 3 aromatic rings. The second-order valence-corrected chi connectivity index (χ2v) is 10.7. The maximum absolute atomic E-state index is 12.9. The number of carbonyl (C=O) groups is 1. The molecule has 0 bridgehead atoms. The fourth-order valence-corrected chi connectivity index (χ4v) is 5.77. The highest BCUT2D eigenvalue weighted by molar-refractivity contribution is 8.24. The number of anilines is 1. The average Bonchev–Trinajstić information content (AvgIpc) is 3.33. The monoisotopic (exact) mass is 454 g/mol. The summed E-state index contributed by atoms with van der Waals surface area (Å²) in [5, 5.41) is 19.6. The fourth-order valence-electron chi connectivity index (χ4n) is 3.85. The molecule has 3 aromatic heterocycles. The van der Waals surface area contributed by atoms with Crippen LogP contribution >= 0.6 is 10.6 Å². The van der Waals surface area contributed by atoms with E-state index in [-0.39, 0.29) is 17.9 Å². The second-order valence-electron chi connectivity index (χ2n) is 8.36. The quantitative estimate of drug-likeness (QED) is 0.447. The molecule has 0 spiro atoms. The molecule has 0 aromatic carbocycles. The molecule has 1 aliphatic rings. The Morgan fingerprint density at radius 2 is 2.16 bits per heavy atom. The fraction of sp³-hybridized carbons (Fsp3) is 0.364. The predicted molar refractivity (Wildman–Crippen MR) is 125 cm³/mol. The van der Waals surface area contributed by atoms with E-state index in [9.17, 15) is 13.9 Å². The Morgan fingerprint density at radius 3 is 2.84 bits per heavy atom. The van der Waals surface area contributed by atoms with E-state index in [2.05, 4.69) is 26.8 Å². The van der Waals surface area contributed by atoms with Crippen LogP contribution in [0.2, 0.25) is 0 Å². The first-order chi connectivity index (χ1) is 15.3. The first kappa shape index (κ1) is 22.1. The zero-order valence-corrected chi connectivity index (χ0v) is 18.8. The van der Waals surface area contributed by atoms with Crippen LogP contribution < -0.4 is 10.6 Å². The lowest BCUT2D eigenvalue weighted by molar-refractivity contribution is 0.0949. The molecule has 4 rings (SSSR count). The summed E-state index contributed by atoms with van der Waals surface area (Å²) in [7, 11) is -2.49. The summed E-state index contributed by atoms with van der Waals surface area (Å²) in [6.07, 6.45) is 3.74. The molecule has 9 nitrogen and oxygen atoms in total. The molecule has 1 fully saturated rings. The SMILES string of the molecule is CC(C)Nc1cc(-c2ccc3cc(C#N)cnn23)ncc1C(=O)NCC1CCS(O)(O)C1. The first-order valence-corrected chi connectivity index (χ1v) is 12.3. The Bertz CT molecular complexity index is 1200. The number of aromatic nitrogens is 3. The van der Waals surface area contributed by atoms with Gasteiger partial charge in [0, 0.05) is 30.3 Å². The molecule has 0 radical (unpaired) electrons. The van der Waals surface area contributed by atoms with Gasteiger partial charge in [-0.05, 0) is 50.5 Å². The molecule has 1 amide bonds. The minimum atomic E-state index is -2.49. The van der Waals surface area contributed by atoms with Crippen molar-refractivity contribution in [3.05, 3.63) is 47.8 Å². The highest BCUT2D eigenvalue weighted by Gasteiger charge is 2.28. The van der Waals surface area contributed by atoms with Gasteiger partial charge < -0.3 is 10.6 Å². The first-order valence-electron chi connectivity index (χ1n) is 10.4. The van der Waals surface area contributed by atoms with Gasteiger partial charge in [-0.25, -0.2) is 4.52 Å². The van der Waals surface area contributed by atoms with Crippen LogP contribution in [0.3, 0.4) is 0 Å². The Hall–Kier alpha value is -3.13. The summed E-state index contributed by atoms with van der Waals surface area (Å²) < 4.78 is 21.3. The molecule has 0 saturated carbocycles. The Morgan fingerprint density at radius 1 is 1.34 bits per heavy atom. The van der Waals surface area contributed by atoms with Gasteiger partial charge in [0.15, 0.2) is 0 Å². The van der Waals surface area contributed by atoms with Gasteiger partial charge in [0.25, 0.3) is 5.91 Å². The number of hydrogen-bond acceptors (Lipinski definition) is 7. The van der Waals surface area contributed by atoms with Crippen LogP contribution in [-0.2, 0) is 0 Å². The standard InChI is InChI=1S/C22H26N6O3S/c1-14(2)27-19-8-20(21-4-3-17-7-16(9-23)11-26-28(17)21)24-12-18(19)22(29)25-10-15-5-6-32(30,31)13-15/h3-4,7-8,11-12,14-15,30-31H,5-6,10,13H2,1-2H3,(H,24,27)(H,25,29). The molecule has 4 N–H and O–H groups in total. The van der Waals surface area contributed by atoms with Crippen LogP contribution in [0.15, 0.2) is 36.7 Å². The smallest absolute Gasteiger partial charge is 0.254 e. The number of nitriles is 1. The van der Waals surface area contributed by atoms with Gasteiger partial charge in [-0.1, -0.05) is 0 Å². The lowest BCUT2D eigenvalue weighted by Gasteiger charge is -2.26. The topological polar surface area (TPSA) is 136 Å². The van der Waals surface area contributed by atoms with Crippen molar-refractivity contribution < 1.29 is 13.9 Å². The van der Waals surface area contributed by atoms with E-state index in [0.717, 1.165) is 11.2 Å². The van der Waals surface area contributed by atoms with Crippen LogP contribution in [0.25, 0.3) is 16.9 Å². The molecule has 1 aliphatic heterocycles. The molecule has 1 atom stereocenters. The molecule has 0 aliphatic carbocycles. The third-order valence-corrected chi connectivity index (χ3v) is 7.29. The van der Waals surface area contributed by atoms with E-state index in [4.69, 9.17) is 5.26 Å². The largest absolute Gasteiger partial charge is 0.382 e. The van der Waals surface area contributed by atoms with Crippen LogP contribution in [0.1, 0.15) is 36.2 Å². The minimum Gasteiger partial charge on any atom is -0.382 e. The third kappa shape index (κ3) is 4.70. The van der Waals surface area contributed by atoms with Crippen molar-refractivity contribution in [3.63, 3.8) is 0 Å². The number of amides is 1. The van der Waals surface area contributed by atoms with Crippen molar-refractivity contribution in [2.45, 2.75) is 26.3 Å². The van der Waals surface area contributed by atoms with Crippen LogP contribution in [-0.4, -0.2) is 53.7 Å². The minimum absolute atomic E-state index is 0.0640. The van der Waals surface area contributed by atoms with E-state index < -0.39 is 10.6 Å². The lowest BCUT2D eigenvalue weighted by Crippen LogP contribution is -2.30. The molecule has 1 saturated heterocycles. The zero-order chi connectivity index (χ0) is 22.9. The Balaban J connectivity index is 1.59. The van der Waals surface area contributed by atoms with Crippen molar-refractivity contribution in [1.82, 2.24) is 19.9 Å². The highest BCUT2D eigenvalue weighted by atomic mass is 32.3. The van der Waals surface area contributed by atoms with E-state index >= 15 is 0 Å². The van der Waals surface area contributed by atoms with Crippen LogP contribution in [0.4, 0.5) is 5.69 Å². The van der Waals surface area contributed by atoms with Crippen molar-refractivity contribution in [2.75, 3.05) is 23.4 Å². The number of nitrogens with zero attached hydrogens (tertiary/aromatic N) is 4. The van der Waals surface area contributed by atoms with E-state index in [0.29, 0.717) is 47.0 Å². The molecule has 168 valence electrons. The van der Waals surface area contributed by atoms with Crippen LogP contribution in [0.5, 0.6) is 0 Å². The maximum Gasteiger partial charge on any atom is 0.254 e. The highest BCUT2D eigenvalue weighted by Crippen LogP contribution is 2.48. The van der Waals surface area contributed by atoms with Gasteiger partial charge in [-0.2, -0.15) is 21.0 Å². The number of hydrogen-bond donors (Lipinski definition) is 4. The summed E-state index contributed by atoms with van der Waals surface area (Å²) >= 11 is 0. The zero-order valence-electron chi connectivity index (χ0n) is 17.9. The van der Waals surface area contributed by atoms with E-state index in [1.165, 1.54) is 6.20 Å². The summed E-state index contributed by atoms with van der Waals surface area (Å²) in [4.78, 5) is 17.4. The Labute approximate surface area is 187 Å². The molecular formula is C22H26N6O3S. The number of rotatable bonds is 6. The van der Waals surface area contributed by atoms with E-state index in [1.807, 2.05) is 32.0 Å². The van der Waals surface area contributed by atoms with Gasteiger partial charge in [0.05, 0.1) is 39.9 Å². The Kier molecular flexibility index (Phi) is 6.06. The molecule has 1 unspecified atom stereocenters. The number of fused-ring (bicyclic) bond motifs is 1. The summed E-state index contributed by atoms with van der Waals surface area (Å²) in [5.74, 6) is 0.546. The lowest BCUT2D eigenvalue weighted by atomic mass is 10.1. The van der Waals surface area contributed by atoms with E-state index in [1.54, 1.807) is 16.8 Å². The van der Waals surface area contributed by atoms with Crippen LogP contribution in [0, 0.1) is 17.2 Å². The van der Waals surface area contributed by atoms with Gasteiger partial charge in [-0.3, -0.25) is 18.9 Å². The molecule has 4 heterocycles. The van der Waals surface area contributed by atoms with Gasteiger partial charge >= 0.3 is 0 Å². The van der Waals surface area contributed by atoms with Crippen molar-refractivity contribution in [2.24, 2.45) is 5.92 Å².